The Morgan fingerprint density at radius 1 is 1.50 bits per heavy atom. The molecule has 1 aromatic heterocycles. The Kier molecular flexibility index (Phi) is 3.72. The summed E-state index contributed by atoms with van der Waals surface area (Å²) < 4.78 is 7.44. The van der Waals surface area contributed by atoms with Crippen molar-refractivity contribution in [3.05, 3.63) is 24.0 Å². The third-order valence-corrected chi connectivity index (χ3v) is 2.46. The van der Waals surface area contributed by atoms with Gasteiger partial charge in [-0.05, 0) is 26.0 Å². The van der Waals surface area contributed by atoms with Gasteiger partial charge in [-0.25, -0.2) is 0 Å². The van der Waals surface area contributed by atoms with Gasteiger partial charge in [0, 0.05) is 39.1 Å². The van der Waals surface area contributed by atoms with Crippen LogP contribution in [0.1, 0.15) is 19.5 Å². The van der Waals surface area contributed by atoms with E-state index in [9.17, 15) is 0 Å². The summed E-state index contributed by atoms with van der Waals surface area (Å²) in [5.74, 6) is 0. The SMILES string of the molecule is COC(C)(C)CNCc1cccn1C. The third kappa shape index (κ3) is 3.16. The lowest BCUT2D eigenvalue weighted by Crippen LogP contribution is -2.36. The van der Waals surface area contributed by atoms with Crippen molar-refractivity contribution >= 4 is 0 Å². The molecule has 1 heterocycles. The average Bonchev–Trinajstić information content (AvgIpc) is 2.52. The van der Waals surface area contributed by atoms with E-state index in [1.807, 2.05) is 0 Å². The zero-order valence-corrected chi connectivity index (χ0v) is 9.50. The topological polar surface area (TPSA) is 26.2 Å². The fourth-order valence-corrected chi connectivity index (χ4v) is 1.24. The Bertz CT molecular complexity index is 279. The first-order valence-electron chi connectivity index (χ1n) is 4.91. The average molecular weight is 196 g/mol. The number of ether oxygens (including phenoxy) is 1. The number of rotatable bonds is 5. The zero-order chi connectivity index (χ0) is 10.6. The van der Waals surface area contributed by atoms with Crippen LogP contribution in [0.2, 0.25) is 0 Å². The van der Waals surface area contributed by atoms with Gasteiger partial charge in [0.1, 0.15) is 0 Å². The maximum Gasteiger partial charge on any atom is 0.0746 e. The molecule has 0 aliphatic carbocycles. The second-order valence-electron chi connectivity index (χ2n) is 4.18. The summed E-state index contributed by atoms with van der Waals surface area (Å²) in [5.41, 5.74) is 1.20. The molecule has 0 saturated carbocycles. The van der Waals surface area contributed by atoms with Gasteiger partial charge in [-0.3, -0.25) is 0 Å². The molecular formula is C11H20N2O. The molecule has 0 aromatic carbocycles. The van der Waals surface area contributed by atoms with Crippen molar-refractivity contribution in [1.82, 2.24) is 9.88 Å². The standard InChI is InChI=1S/C11H20N2O/c1-11(2,14-4)9-12-8-10-6-5-7-13(10)3/h5-7,12H,8-9H2,1-4H3. The highest BCUT2D eigenvalue weighted by atomic mass is 16.5. The summed E-state index contributed by atoms with van der Waals surface area (Å²) >= 11 is 0. The molecule has 0 aliphatic heterocycles. The zero-order valence-electron chi connectivity index (χ0n) is 9.50. The van der Waals surface area contributed by atoms with Crippen LogP contribution in [0, 0.1) is 0 Å². The van der Waals surface area contributed by atoms with Crippen LogP contribution >= 0.6 is 0 Å². The maximum atomic E-state index is 5.32. The summed E-state index contributed by atoms with van der Waals surface area (Å²) in [6.45, 7) is 5.89. The minimum Gasteiger partial charge on any atom is -0.377 e. The smallest absolute Gasteiger partial charge is 0.0746 e. The van der Waals surface area contributed by atoms with Crippen molar-refractivity contribution in [2.24, 2.45) is 7.05 Å². The molecule has 3 nitrogen and oxygen atoms in total. The van der Waals surface area contributed by atoms with E-state index in [0.29, 0.717) is 0 Å². The Labute approximate surface area is 86.1 Å². The molecule has 0 spiro atoms. The molecule has 0 radical (unpaired) electrons. The molecule has 0 amide bonds. The van der Waals surface area contributed by atoms with Gasteiger partial charge >= 0.3 is 0 Å². The van der Waals surface area contributed by atoms with Crippen LogP contribution in [0.5, 0.6) is 0 Å². The number of nitrogens with one attached hydrogen (secondary N) is 1. The van der Waals surface area contributed by atoms with E-state index in [2.05, 4.69) is 49.1 Å². The summed E-state index contributed by atoms with van der Waals surface area (Å²) in [6.07, 6.45) is 2.05. The number of hydrogen-bond acceptors (Lipinski definition) is 2. The fourth-order valence-electron chi connectivity index (χ4n) is 1.24. The highest BCUT2D eigenvalue weighted by molar-refractivity contribution is 5.05. The van der Waals surface area contributed by atoms with Crippen molar-refractivity contribution in [3.63, 3.8) is 0 Å². The van der Waals surface area contributed by atoms with Crippen LogP contribution in [0.15, 0.2) is 18.3 Å². The van der Waals surface area contributed by atoms with Crippen molar-refractivity contribution in [1.29, 1.82) is 0 Å². The highest BCUT2D eigenvalue weighted by Crippen LogP contribution is 2.05. The van der Waals surface area contributed by atoms with Crippen LogP contribution in [0.4, 0.5) is 0 Å². The minimum absolute atomic E-state index is 0.0921. The van der Waals surface area contributed by atoms with Crippen molar-refractivity contribution in [2.45, 2.75) is 26.0 Å². The monoisotopic (exact) mass is 196 g/mol. The Morgan fingerprint density at radius 3 is 2.71 bits per heavy atom. The molecule has 1 aromatic rings. The molecule has 0 aliphatic rings. The van der Waals surface area contributed by atoms with Gasteiger partial charge in [-0.1, -0.05) is 0 Å². The van der Waals surface area contributed by atoms with E-state index in [1.54, 1.807) is 7.11 Å². The summed E-state index contributed by atoms with van der Waals surface area (Å²) in [7, 11) is 3.79. The number of nitrogens with zero attached hydrogens (tertiary/aromatic N) is 1. The van der Waals surface area contributed by atoms with E-state index in [-0.39, 0.29) is 5.60 Å². The normalized spacial score (nSPS) is 12.0. The van der Waals surface area contributed by atoms with E-state index >= 15 is 0 Å². The predicted molar refractivity (Wildman–Crippen MR) is 58.2 cm³/mol. The fraction of sp³-hybridized carbons (Fsp3) is 0.636. The first-order valence-corrected chi connectivity index (χ1v) is 4.91. The second-order valence-corrected chi connectivity index (χ2v) is 4.18. The quantitative estimate of drug-likeness (QED) is 0.773. The molecular weight excluding hydrogens is 176 g/mol. The lowest BCUT2D eigenvalue weighted by molar-refractivity contribution is 0.0230. The van der Waals surface area contributed by atoms with Crippen molar-refractivity contribution in [2.75, 3.05) is 13.7 Å². The van der Waals surface area contributed by atoms with Crippen LogP contribution in [0.3, 0.4) is 0 Å². The number of hydrogen-bond donors (Lipinski definition) is 1. The van der Waals surface area contributed by atoms with Gasteiger partial charge in [0.25, 0.3) is 0 Å². The molecule has 0 unspecified atom stereocenters. The summed E-state index contributed by atoms with van der Waals surface area (Å²) in [6, 6.07) is 4.17. The minimum atomic E-state index is -0.0921. The van der Waals surface area contributed by atoms with Crippen LogP contribution in [-0.4, -0.2) is 23.8 Å². The Hall–Kier alpha value is -0.800. The maximum absolute atomic E-state index is 5.32. The van der Waals surface area contributed by atoms with Crippen LogP contribution < -0.4 is 5.32 Å². The summed E-state index contributed by atoms with van der Waals surface area (Å²) in [5, 5.41) is 3.37. The number of methoxy groups -OCH3 is 1. The van der Waals surface area contributed by atoms with Gasteiger partial charge in [-0.15, -0.1) is 0 Å². The molecule has 14 heavy (non-hydrogen) atoms. The summed E-state index contributed by atoms with van der Waals surface area (Å²) in [4.78, 5) is 0. The van der Waals surface area contributed by atoms with Gasteiger partial charge in [0.2, 0.25) is 0 Å². The van der Waals surface area contributed by atoms with Crippen LogP contribution in [-0.2, 0) is 18.3 Å². The van der Waals surface area contributed by atoms with Gasteiger partial charge < -0.3 is 14.6 Å². The first-order chi connectivity index (χ1) is 6.55. The molecule has 1 N–H and O–H groups in total. The van der Waals surface area contributed by atoms with Crippen LogP contribution in [0.25, 0.3) is 0 Å². The molecule has 0 atom stereocenters. The molecule has 1 rings (SSSR count). The molecule has 3 heteroatoms. The number of aromatic nitrogens is 1. The van der Waals surface area contributed by atoms with E-state index in [4.69, 9.17) is 4.74 Å². The highest BCUT2D eigenvalue weighted by Gasteiger charge is 2.15. The first kappa shape index (κ1) is 11.3. The van der Waals surface area contributed by atoms with Crippen molar-refractivity contribution < 1.29 is 4.74 Å². The Balaban J connectivity index is 2.32. The van der Waals surface area contributed by atoms with E-state index in [0.717, 1.165) is 13.1 Å². The van der Waals surface area contributed by atoms with Gasteiger partial charge in [-0.2, -0.15) is 0 Å². The van der Waals surface area contributed by atoms with Crippen molar-refractivity contribution in [3.8, 4) is 0 Å². The largest absolute Gasteiger partial charge is 0.377 e. The lowest BCUT2D eigenvalue weighted by atomic mass is 10.1. The lowest BCUT2D eigenvalue weighted by Gasteiger charge is -2.23. The molecule has 0 saturated heterocycles. The molecule has 80 valence electrons. The van der Waals surface area contributed by atoms with Gasteiger partial charge in [0.05, 0.1) is 5.60 Å². The molecule has 0 bridgehead atoms. The van der Waals surface area contributed by atoms with Gasteiger partial charge in [0.15, 0.2) is 0 Å². The Morgan fingerprint density at radius 2 is 2.21 bits per heavy atom. The predicted octanol–water partition coefficient (Wildman–Crippen LogP) is 1.54. The van der Waals surface area contributed by atoms with E-state index in [1.165, 1.54) is 5.69 Å². The second kappa shape index (κ2) is 4.62. The molecule has 0 fully saturated rings. The third-order valence-electron chi connectivity index (χ3n) is 2.46. The van der Waals surface area contributed by atoms with E-state index < -0.39 is 0 Å². The number of aryl methyl sites for hydroxylation is 1.